The molecule has 4 rings (SSSR count). The maximum absolute atomic E-state index is 12.7. The standard InChI is InChI=1S/C25H28N2OS/c1-18-11-12-19(25(27-18)29-23-8-3-2-4-9-23)13-14-22(28)15-21-17-26-16-20-7-5-6-10-24(20)21/h5-7,10-12,16-17,23H,2-4,8-9,13-15H2,1H3. The molecule has 0 spiro atoms. The average Bonchev–Trinajstić information content (AvgIpc) is 2.74. The van der Waals surface area contributed by atoms with Crippen molar-refractivity contribution in [2.24, 2.45) is 0 Å². The molecule has 0 saturated heterocycles. The Morgan fingerprint density at radius 2 is 1.86 bits per heavy atom. The van der Waals surface area contributed by atoms with E-state index < -0.39 is 0 Å². The Morgan fingerprint density at radius 1 is 1.03 bits per heavy atom. The fourth-order valence-electron chi connectivity index (χ4n) is 4.09. The van der Waals surface area contributed by atoms with Gasteiger partial charge < -0.3 is 0 Å². The van der Waals surface area contributed by atoms with Crippen molar-refractivity contribution in [1.29, 1.82) is 0 Å². The number of hydrogen-bond acceptors (Lipinski definition) is 4. The zero-order valence-corrected chi connectivity index (χ0v) is 17.9. The number of carbonyl (C=O) groups is 1. The van der Waals surface area contributed by atoms with Crippen LogP contribution >= 0.6 is 11.8 Å². The molecule has 1 fully saturated rings. The van der Waals surface area contributed by atoms with E-state index in [0.717, 1.165) is 33.5 Å². The monoisotopic (exact) mass is 404 g/mol. The zero-order valence-electron chi connectivity index (χ0n) is 17.1. The topological polar surface area (TPSA) is 42.9 Å². The van der Waals surface area contributed by atoms with E-state index in [2.05, 4.69) is 23.2 Å². The van der Waals surface area contributed by atoms with Crippen molar-refractivity contribution in [1.82, 2.24) is 9.97 Å². The van der Waals surface area contributed by atoms with Crippen LogP contribution in [0.5, 0.6) is 0 Å². The fraction of sp³-hybridized carbons (Fsp3) is 0.400. The molecular formula is C25H28N2OS. The normalized spacial score (nSPS) is 14.9. The van der Waals surface area contributed by atoms with Crippen molar-refractivity contribution < 1.29 is 4.79 Å². The van der Waals surface area contributed by atoms with Crippen LogP contribution in [0.15, 0.2) is 53.8 Å². The molecule has 1 saturated carbocycles. The van der Waals surface area contributed by atoms with E-state index >= 15 is 0 Å². The van der Waals surface area contributed by atoms with Gasteiger partial charge in [-0.2, -0.15) is 0 Å². The number of ketones is 1. The summed E-state index contributed by atoms with van der Waals surface area (Å²) in [6.07, 6.45) is 12.0. The Bertz CT molecular complexity index is 990. The predicted octanol–water partition coefficient (Wildman–Crippen LogP) is 6.11. The van der Waals surface area contributed by atoms with Crippen molar-refractivity contribution in [3.8, 4) is 0 Å². The van der Waals surface area contributed by atoms with Gasteiger partial charge >= 0.3 is 0 Å². The molecule has 0 atom stereocenters. The Kier molecular flexibility index (Phi) is 6.60. The lowest BCUT2D eigenvalue weighted by Gasteiger charge is -2.21. The summed E-state index contributed by atoms with van der Waals surface area (Å²) in [6.45, 7) is 2.05. The number of Topliss-reactive ketones (excluding diaryl/α,β-unsaturated/α-hetero) is 1. The third kappa shape index (κ3) is 5.24. The number of benzene rings is 1. The van der Waals surface area contributed by atoms with Crippen molar-refractivity contribution in [3.63, 3.8) is 0 Å². The van der Waals surface area contributed by atoms with Gasteiger partial charge in [-0.1, -0.05) is 49.6 Å². The number of hydrogen-bond donors (Lipinski definition) is 0. The molecule has 1 aromatic carbocycles. The van der Waals surface area contributed by atoms with Crippen LogP contribution in [0.2, 0.25) is 0 Å². The number of carbonyl (C=O) groups excluding carboxylic acids is 1. The number of thioether (sulfide) groups is 1. The van der Waals surface area contributed by atoms with Gasteiger partial charge in [-0.15, -0.1) is 11.8 Å². The van der Waals surface area contributed by atoms with Crippen molar-refractivity contribution in [2.75, 3.05) is 0 Å². The molecular weight excluding hydrogens is 376 g/mol. The molecule has 0 aliphatic heterocycles. The number of fused-ring (bicyclic) bond motifs is 1. The smallest absolute Gasteiger partial charge is 0.137 e. The third-order valence-electron chi connectivity index (χ3n) is 5.72. The molecule has 0 unspecified atom stereocenters. The van der Waals surface area contributed by atoms with Crippen LogP contribution in [-0.4, -0.2) is 21.0 Å². The molecule has 150 valence electrons. The minimum Gasteiger partial charge on any atom is -0.299 e. The number of nitrogens with zero attached hydrogens (tertiary/aromatic N) is 2. The molecule has 2 heterocycles. The van der Waals surface area contributed by atoms with Gasteiger partial charge in [0.25, 0.3) is 0 Å². The first-order chi connectivity index (χ1) is 14.2. The first kappa shape index (κ1) is 20.1. The lowest BCUT2D eigenvalue weighted by Crippen LogP contribution is -2.10. The van der Waals surface area contributed by atoms with E-state index in [1.54, 1.807) is 0 Å². The number of aryl methyl sites for hydroxylation is 2. The molecule has 3 aromatic rings. The summed E-state index contributed by atoms with van der Waals surface area (Å²) < 4.78 is 0. The van der Waals surface area contributed by atoms with Crippen molar-refractivity contribution >= 4 is 28.3 Å². The summed E-state index contributed by atoms with van der Waals surface area (Å²) in [7, 11) is 0. The van der Waals surface area contributed by atoms with Crippen LogP contribution < -0.4 is 0 Å². The summed E-state index contributed by atoms with van der Waals surface area (Å²) in [5.41, 5.74) is 3.29. The maximum Gasteiger partial charge on any atom is 0.137 e. The number of aromatic nitrogens is 2. The molecule has 1 aliphatic carbocycles. The molecule has 0 bridgehead atoms. The van der Waals surface area contributed by atoms with Crippen LogP contribution in [0.25, 0.3) is 10.8 Å². The van der Waals surface area contributed by atoms with E-state index in [1.165, 1.54) is 37.7 Å². The Hall–Kier alpha value is -2.20. The zero-order chi connectivity index (χ0) is 20.1. The van der Waals surface area contributed by atoms with Crippen LogP contribution in [0.3, 0.4) is 0 Å². The molecule has 2 aromatic heterocycles. The lowest BCUT2D eigenvalue weighted by molar-refractivity contribution is -0.118. The molecule has 4 heteroatoms. The molecule has 29 heavy (non-hydrogen) atoms. The Labute approximate surface area is 177 Å². The minimum atomic E-state index is 0.261. The van der Waals surface area contributed by atoms with Gasteiger partial charge in [0.05, 0.1) is 5.03 Å². The van der Waals surface area contributed by atoms with E-state index in [-0.39, 0.29) is 5.78 Å². The summed E-state index contributed by atoms with van der Waals surface area (Å²) in [5.74, 6) is 0.261. The predicted molar refractivity (Wildman–Crippen MR) is 120 cm³/mol. The van der Waals surface area contributed by atoms with E-state index in [4.69, 9.17) is 4.98 Å². The second-order valence-corrected chi connectivity index (χ2v) is 9.32. The van der Waals surface area contributed by atoms with Gasteiger partial charge in [0.2, 0.25) is 0 Å². The van der Waals surface area contributed by atoms with Crippen LogP contribution in [0.4, 0.5) is 0 Å². The first-order valence-corrected chi connectivity index (χ1v) is 11.5. The van der Waals surface area contributed by atoms with Gasteiger partial charge in [0.15, 0.2) is 0 Å². The minimum absolute atomic E-state index is 0.261. The van der Waals surface area contributed by atoms with Gasteiger partial charge in [0.1, 0.15) is 5.78 Å². The molecule has 3 nitrogen and oxygen atoms in total. The Balaban J connectivity index is 1.42. The highest BCUT2D eigenvalue weighted by atomic mass is 32.2. The summed E-state index contributed by atoms with van der Waals surface area (Å²) in [4.78, 5) is 21.9. The van der Waals surface area contributed by atoms with Crippen molar-refractivity contribution in [3.05, 3.63) is 65.6 Å². The molecule has 1 aliphatic rings. The van der Waals surface area contributed by atoms with Crippen LogP contribution in [-0.2, 0) is 17.6 Å². The maximum atomic E-state index is 12.7. The second-order valence-electron chi connectivity index (χ2n) is 8.03. The lowest BCUT2D eigenvalue weighted by atomic mass is 10.0. The number of pyridine rings is 2. The third-order valence-corrected chi connectivity index (χ3v) is 7.10. The van der Waals surface area contributed by atoms with E-state index in [0.29, 0.717) is 18.1 Å². The molecule has 0 amide bonds. The average molecular weight is 405 g/mol. The van der Waals surface area contributed by atoms with Gasteiger partial charge in [-0.05, 0) is 48.8 Å². The SMILES string of the molecule is Cc1ccc(CCC(=O)Cc2cncc3ccccc23)c(SC2CCCCC2)n1. The quantitative estimate of drug-likeness (QED) is 0.477. The van der Waals surface area contributed by atoms with Gasteiger partial charge in [-0.3, -0.25) is 9.78 Å². The largest absolute Gasteiger partial charge is 0.299 e. The fourth-order valence-corrected chi connectivity index (χ4v) is 5.49. The van der Waals surface area contributed by atoms with Crippen LogP contribution in [0.1, 0.15) is 55.3 Å². The Morgan fingerprint density at radius 3 is 2.72 bits per heavy atom. The molecule has 0 radical (unpaired) electrons. The highest BCUT2D eigenvalue weighted by molar-refractivity contribution is 7.99. The highest BCUT2D eigenvalue weighted by Crippen LogP contribution is 2.34. The van der Waals surface area contributed by atoms with E-state index in [9.17, 15) is 4.79 Å². The first-order valence-electron chi connectivity index (χ1n) is 10.7. The summed E-state index contributed by atoms with van der Waals surface area (Å²) in [5, 5.41) is 4.03. The van der Waals surface area contributed by atoms with Crippen molar-refractivity contribution in [2.45, 2.75) is 68.6 Å². The summed E-state index contributed by atoms with van der Waals surface area (Å²) >= 11 is 1.93. The second kappa shape index (κ2) is 9.53. The highest BCUT2D eigenvalue weighted by Gasteiger charge is 2.18. The van der Waals surface area contributed by atoms with Gasteiger partial charge in [-0.25, -0.2) is 4.98 Å². The van der Waals surface area contributed by atoms with E-state index in [1.807, 2.05) is 49.3 Å². The van der Waals surface area contributed by atoms with Crippen LogP contribution in [0, 0.1) is 6.92 Å². The number of rotatable bonds is 7. The van der Waals surface area contributed by atoms with Gasteiger partial charge in [0, 0.05) is 41.6 Å². The summed E-state index contributed by atoms with van der Waals surface area (Å²) in [6, 6.07) is 12.4. The molecule has 0 N–H and O–H groups in total.